The summed E-state index contributed by atoms with van der Waals surface area (Å²) in [4.78, 5) is 141. The van der Waals surface area contributed by atoms with Gasteiger partial charge in [-0.2, -0.15) is 0 Å². The molecule has 3 saturated heterocycles. The lowest BCUT2D eigenvalue weighted by molar-refractivity contribution is -0.336. The number of aliphatic hydroxyl groups is 10. The average Bonchev–Trinajstić information content (AvgIpc) is 1.59. The van der Waals surface area contributed by atoms with Gasteiger partial charge >= 0.3 is 18.1 Å². The number of hydrogen-bond donors (Lipinski definition) is 20. The monoisotopic (exact) mass is 1810 g/mol. The molecule has 43 heteroatoms. The summed E-state index contributed by atoms with van der Waals surface area (Å²) in [6.07, 6.45) is -26.7. The minimum Gasteiger partial charge on any atom is -0.477 e. The van der Waals surface area contributed by atoms with Crippen LogP contribution in [0, 0.1) is 5.92 Å². The lowest BCUT2D eigenvalue weighted by atomic mass is 9.88. The number of aliphatic hydroxyl groups excluding tert-OH is 10. The number of aromatic amines is 1. The number of aromatic nitrogens is 4. The highest BCUT2D eigenvalue weighted by Crippen LogP contribution is 2.48. The van der Waals surface area contributed by atoms with Gasteiger partial charge in [0.1, 0.15) is 110 Å². The van der Waals surface area contributed by atoms with Crippen molar-refractivity contribution in [2.24, 2.45) is 11.7 Å². The van der Waals surface area contributed by atoms with E-state index in [1.54, 1.807) is 123 Å². The smallest absolute Gasteiger partial charge is 0.407 e. The summed E-state index contributed by atoms with van der Waals surface area (Å²) in [5, 5.41) is 148. The number of methoxy groups -OCH3 is 1. The van der Waals surface area contributed by atoms with Crippen molar-refractivity contribution < 1.29 is 137 Å². The Morgan fingerprint density at radius 2 is 1.41 bits per heavy atom. The number of urea groups is 1. The molecule has 19 atom stereocenters. The summed E-state index contributed by atoms with van der Waals surface area (Å²) in [6, 6.07) is 29.9. The van der Waals surface area contributed by atoms with Crippen LogP contribution in [-0.2, 0) is 81.7 Å². The first-order valence-corrected chi connectivity index (χ1v) is 42.0. The average molecular weight is 1810 g/mol. The summed E-state index contributed by atoms with van der Waals surface area (Å²) in [5.74, 6) is -9.79. The number of amides is 10. The van der Waals surface area contributed by atoms with Crippen molar-refractivity contribution in [3.8, 4) is 28.3 Å². The lowest BCUT2D eigenvalue weighted by Crippen LogP contribution is -2.68. The summed E-state index contributed by atoms with van der Waals surface area (Å²) in [7, 11) is 1.14. The fourth-order valence-corrected chi connectivity index (χ4v) is 16.6. The zero-order chi connectivity index (χ0) is 92.6. The van der Waals surface area contributed by atoms with E-state index in [-0.39, 0.29) is 79.4 Å². The molecule has 13 rings (SSSR count). The molecular formula is C86H101ClN14O28. The van der Waals surface area contributed by atoms with E-state index in [0.717, 1.165) is 19.6 Å². The number of carbonyl (C=O) groups is 10. The van der Waals surface area contributed by atoms with Crippen LogP contribution in [0.25, 0.3) is 44.2 Å². The number of rotatable bonds is 33. The Morgan fingerprint density at radius 1 is 0.729 bits per heavy atom. The van der Waals surface area contributed by atoms with Crippen molar-refractivity contribution >= 4 is 115 Å². The SMILES string of the molecule is COC1OC(COC2(C(=O)O)CC(O)C(NC(C)=O)C(C(O)C(O)Cn3nnc4c3-c3ccccc3CN(C(=O)CCC(=O)NC(C(=O)NC(CCCNC(N)=O)C(=O)Nc3ccc(COC(=O)NCC(=O)Nc5ccc6[nH]c(C(=O)N7CC(CCl)c8c7cc(OC7OC(CO)C(O)C(O)C7O)c7ccccc87)cc6c5)cc3)C(C)C)c3ccccc3-4)O2)C(O)C(O)C1O. The Kier molecular flexibility index (Phi) is 30.2. The van der Waals surface area contributed by atoms with Crippen LogP contribution in [-0.4, -0.2) is 291 Å². The predicted molar refractivity (Wildman–Crippen MR) is 456 cm³/mol. The largest absolute Gasteiger partial charge is 0.477 e. The minimum absolute atomic E-state index is 0.0225. The number of para-hydroxylation sites is 1. The second kappa shape index (κ2) is 41.2. The number of alkyl halides is 1. The number of nitrogens with one attached hydrogen (secondary N) is 8. The number of carboxylic acids is 1. The Morgan fingerprint density at radius 3 is 2.11 bits per heavy atom. The van der Waals surface area contributed by atoms with Crippen LogP contribution in [0.5, 0.6) is 5.75 Å². The summed E-state index contributed by atoms with van der Waals surface area (Å²) >= 11 is 6.55. The maximum absolute atomic E-state index is 14.7. The van der Waals surface area contributed by atoms with Crippen LogP contribution < -0.4 is 57.5 Å². The van der Waals surface area contributed by atoms with Gasteiger partial charge in [0, 0.05) is 103 Å². The first-order valence-electron chi connectivity index (χ1n) is 41.5. The van der Waals surface area contributed by atoms with Crippen molar-refractivity contribution in [2.75, 3.05) is 66.3 Å². The molecule has 7 heterocycles. The predicted octanol–water partition coefficient (Wildman–Crippen LogP) is 0.240. The number of ether oxygens (including phenoxy) is 7. The van der Waals surface area contributed by atoms with E-state index in [2.05, 4.69) is 52.5 Å². The first kappa shape index (κ1) is 94.7. The number of primary amides is 1. The number of benzene rings is 6. The molecule has 10 amide bonds. The Balaban J connectivity index is 0.597. The number of aliphatic carboxylic acids is 1. The van der Waals surface area contributed by atoms with Gasteiger partial charge in [0.05, 0.1) is 55.5 Å². The summed E-state index contributed by atoms with van der Waals surface area (Å²) < 4.78 is 40.7. The van der Waals surface area contributed by atoms with E-state index in [4.69, 9.17) is 50.5 Å². The van der Waals surface area contributed by atoms with Crippen LogP contribution in [0.3, 0.4) is 0 Å². The number of nitrogens with two attached hydrogens (primary N) is 1. The van der Waals surface area contributed by atoms with Gasteiger partial charge in [-0.25, -0.2) is 19.1 Å². The molecule has 2 aromatic heterocycles. The van der Waals surface area contributed by atoms with Gasteiger partial charge in [-0.1, -0.05) is 97.9 Å². The van der Waals surface area contributed by atoms with Crippen molar-refractivity contribution in [3.63, 3.8) is 0 Å². The number of fused-ring (bicyclic) bond motifs is 9. The standard InChI is InChI=1S/C86H101ClN14O28/c1-40(2)66(96-62(106)25-26-64(108)99-34-43-12-5-6-13-48(43)69-67(51-16-9-10-18-55(51)99)97-98-101(69)36-58(105)70(109)77-68(91-41(3)103)57(104)31-86(129-77,83(119)120)125-39-61-72(111)74(113)75(114)81(123-4)128-61)79(117)95-53(17-11-27-89-84(88)121)78(116)93-46-21-19-42(20-22-46)38-124-85(122)90-33-63(107)92-47-23-24-52-44(28-47)29-54(94-52)80(118)100-35-45(32-87)65-50-15-8-7-14-49(50)59(30-56(65)100)126-82-76(115)73(112)71(110)60(37-102)127-82/h5-10,12-16,18-24,28-30,40,45,53,57-58,60-61,66,68,70-77,81-82,94,102,104-105,109-115H,11,17,25-27,31-39H2,1-4H3,(H,90,122)(H,91,103)(H,92,107)(H,93,116)(H,95,117)(H,96,106)(H,119,120)(H3,88,89,121). The maximum atomic E-state index is 14.7. The van der Waals surface area contributed by atoms with Gasteiger partial charge in [-0.05, 0) is 83.3 Å². The van der Waals surface area contributed by atoms with Gasteiger partial charge in [-0.3, -0.25) is 33.6 Å². The molecule has 0 aliphatic carbocycles. The van der Waals surface area contributed by atoms with E-state index in [1.807, 2.05) is 6.07 Å². The molecule has 0 spiro atoms. The number of carboxylic acid groups (broad SMARTS) is 1. The second-order valence-electron chi connectivity index (χ2n) is 32.2. The molecule has 0 saturated carbocycles. The molecule has 5 aliphatic heterocycles. The molecule has 42 nitrogen and oxygen atoms in total. The first-order chi connectivity index (χ1) is 61.7. The number of alkyl carbamates (subject to hydrolysis) is 1. The molecule has 3 fully saturated rings. The van der Waals surface area contributed by atoms with E-state index < -0.39 is 221 Å². The Hall–Kier alpha value is -12.0. The topological polar surface area (TPSA) is 621 Å². The van der Waals surface area contributed by atoms with Crippen LogP contribution >= 0.6 is 11.6 Å². The summed E-state index contributed by atoms with van der Waals surface area (Å²) in [6.45, 7) is 1.56. The van der Waals surface area contributed by atoms with Crippen molar-refractivity contribution in [3.05, 3.63) is 150 Å². The van der Waals surface area contributed by atoms with Gasteiger partial charge in [-0.15, -0.1) is 16.7 Å². The van der Waals surface area contributed by atoms with Crippen LogP contribution in [0.1, 0.15) is 86.0 Å². The molecule has 690 valence electrons. The lowest BCUT2D eigenvalue weighted by Gasteiger charge is -2.47. The molecule has 129 heavy (non-hydrogen) atoms. The molecule has 6 aromatic carbocycles. The number of nitrogens with zero attached hydrogens (tertiary/aromatic N) is 5. The molecule has 19 unspecified atom stereocenters. The van der Waals surface area contributed by atoms with Gasteiger partial charge in [0.15, 0.2) is 6.29 Å². The number of carbonyl (C=O) groups excluding carboxylic acids is 9. The molecule has 21 N–H and O–H groups in total. The van der Waals surface area contributed by atoms with Gasteiger partial charge < -0.3 is 147 Å². The zero-order valence-electron chi connectivity index (χ0n) is 70.0. The zero-order valence-corrected chi connectivity index (χ0v) is 70.8. The molecule has 8 aromatic rings. The number of H-pyrrole nitrogens is 1. The second-order valence-corrected chi connectivity index (χ2v) is 32.6. The number of hydrogen-bond acceptors (Lipinski definition) is 29. The van der Waals surface area contributed by atoms with Crippen LogP contribution in [0.2, 0.25) is 0 Å². The third kappa shape index (κ3) is 21.2. The number of halogens is 1. The number of anilines is 4. The third-order valence-electron chi connectivity index (χ3n) is 23.0. The third-order valence-corrected chi connectivity index (χ3v) is 23.4. The molecular weight excluding hydrogens is 1710 g/mol. The van der Waals surface area contributed by atoms with E-state index in [1.165, 1.54) is 26.6 Å². The fourth-order valence-electron chi connectivity index (χ4n) is 16.3. The highest BCUT2D eigenvalue weighted by molar-refractivity contribution is 6.19. The molecule has 5 aliphatic rings. The normalized spacial score (nSPS) is 24.5. The molecule has 0 radical (unpaired) electrons. The van der Waals surface area contributed by atoms with Crippen LogP contribution in [0.15, 0.2) is 127 Å². The molecule has 0 bridgehead atoms. The van der Waals surface area contributed by atoms with E-state index in [9.17, 15) is 104 Å². The Labute approximate surface area is 740 Å². The highest BCUT2D eigenvalue weighted by atomic mass is 35.5. The fraction of sp³-hybridized carbons (Fsp3) is 0.442. The van der Waals surface area contributed by atoms with Gasteiger partial charge in [0.25, 0.3) is 11.7 Å². The van der Waals surface area contributed by atoms with Crippen LogP contribution in [0.4, 0.5) is 32.3 Å². The quantitative estimate of drug-likeness (QED) is 0.0193. The van der Waals surface area contributed by atoms with Crippen molar-refractivity contribution in [1.82, 2.24) is 46.6 Å². The van der Waals surface area contributed by atoms with Gasteiger partial charge in [0.2, 0.25) is 41.7 Å². The van der Waals surface area contributed by atoms with E-state index >= 15 is 0 Å². The highest BCUT2D eigenvalue weighted by Gasteiger charge is 2.57. The van der Waals surface area contributed by atoms with Crippen molar-refractivity contribution in [2.45, 2.75) is 188 Å². The van der Waals surface area contributed by atoms with Crippen molar-refractivity contribution in [1.29, 1.82) is 0 Å². The summed E-state index contributed by atoms with van der Waals surface area (Å²) in [5.41, 5.74) is 10.4. The van der Waals surface area contributed by atoms with E-state index in [0.29, 0.717) is 61.0 Å². The maximum Gasteiger partial charge on any atom is 0.407 e. The Bertz CT molecular complexity index is 5450. The minimum atomic E-state index is -2.86.